The molecule has 0 aliphatic rings. The fourth-order valence-corrected chi connectivity index (χ4v) is 2.03. The molecule has 0 unspecified atom stereocenters. The van der Waals surface area contributed by atoms with Gasteiger partial charge >= 0.3 is 0 Å². The van der Waals surface area contributed by atoms with Crippen molar-refractivity contribution in [2.24, 2.45) is 0 Å². The Balaban J connectivity index is 2.67. The molecule has 0 fully saturated rings. The van der Waals surface area contributed by atoms with Crippen LogP contribution in [-0.2, 0) is 4.74 Å². The van der Waals surface area contributed by atoms with Gasteiger partial charge in [-0.3, -0.25) is 4.79 Å². The summed E-state index contributed by atoms with van der Waals surface area (Å²) in [5.41, 5.74) is 2.22. The Hall–Kier alpha value is -1.68. The molecule has 0 aliphatic heterocycles. The molecule has 0 saturated heterocycles. The first kappa shape index (κ1) is 11.8. The molecule has 0 saturated carbocycles. The lowest BCUT2D eigenvalue weighted by atomic mass is 10.1. The predicted octanol–water partition coefficient (Wildman–Crippen LogP) is 2.55. The molecule has 2 aromatic rings. The minimum absolute atomic E-state index is 0.0825. The third-order valence-electron chi connectivity index (χ3n) is 2.62. The van der Waals surface area contributed by atoms with Crippen LogP contribution in [0.4, 0.5) is 0 Å². The molecule has 2 rings (SSSR count). The van der Waals surface area contributed by atoms with Gasteiger partial charge in [0.1, 0.15) is 0 Å². The lowest BCUT2D eigenvalue weighted by Crippen LogP contribution is -2.17. The second kappa shape index (κ2) is 4.67. The van der Waals surface area contributed by atoms with Crippen LogP contribution in [0.15, 0.2) is 29.2 Å². The average Bonchev–Trinajstić information content (AvgIpc) is 2.31. The van der Waals surface area contributed by atoms with Gasteiger partial charge < -0.3 is 9.72 Å². The van der Waals surface area contributed by atoms with Crippen LogP contribution in [-0.4, -0.2) is 16.6 Å². The van der Waals surface area contributed by atoms with Gasteiger partial charge in [0.2, 0.25) is 5.43 Å². The summed E-state index contributed by atoms with van der Waals surface area (Å²) < 4.78 is 5.20. The van der Waals surface area contributed by atoms with Crippen LogP contribution in [0.25, 0.3) is 10.9 Å². The van der Waals surface area contributed by atoms with Crippen LogP contribution in [0.2, 0.25) is 0 Å². The van der Waals surface area contributed by atoms with Gasteiger partial charge in [-0.1, -0.05) is 12.1 Å². The van der Waals surface area contributed by atoms with Crippen LogP contribution in [0, 0.1) is 6.92 Å². The van der Waals surface area contributed by atoms with Crippen molar-refractivity contribution in [2.45, 2.75) is 13.8 Å². The molecule has 0 radical (unpaired) electrons. The Labute approximate surface area is 104 Å². The number of hydrogen-bond acceptors (Lipinski definition) is 3. The Morgan fingerprint density at radius 1 is 1.47 bits per heavy atom. The maximum Gasteiger partial charge on any atom is 0.201 e. The Morgan fingerprint density at radius 2 is 2.24 bits per heavy atom. The van der Waals surface area contributed by atoms with Gasteiger partial charge in [-0.25, -0.2) is 0 Å². The molecule has 0 amide bonds. The molecule has 4 heteroatoms. The van der Waals surface area contributed by atoms with E-state index < -0.39 is 0 Å². The number of aromatic nitrogens is 1. The number of ether oxygens (including phenoxy) is 1. The van der Waals surface area contributed by atoms with Crippen molar-refractivity contribution >= 4 is 28.2 Å². The summed E-state index contributed by atoms with van der Waals surface area (Å²) in [6, 6.07) is 5.61. The number of benzene rings is 1. The van der Waals surface area contributed by atoms with E-state index in [1.165, 1.54) is 0 Å². The minimum Gasteiger partial charge on any atom is -0.483 e. The number of hydrogen-bond donors (Lipinski definition) is 1. The van der Waals surface area contributed by atoms with Crippen molar-refractivity contribution in [1.29, 1.82) is 0 Å². The second-order valence-electron chi connectivity index (χ2n) is 3.75. The first-order valence-corrected chi connectivity index (χ1v) is 5.84. The molecule has 0 spiro atoms. The van der Waals surface area contributed by atoms with E-state index in [1.807, 2.05) is 26.0 Å². The standard InChI is InChI=1S/C13H13NO2S/c1-3-16-13(17)10-7-14-11-8(2)5-4-6-9(11)12(10)15/h4-7H,3H2,1-2H3,(H,14,15). The number of fused-ring (bicyclic) bond motifs is 1. The van der Waals surface area contributed by atoms with Gasteiger partial charge in [0, 0.05) is 11.6 Å². The van der Waals surface area contributed by atoms with Crippen molar-refractivity contribution in [3.63, 3.8) is 0 Å². The summed E-state index contributed by atoms with van der Waals surface area (Å²) in [5.74, 6) is 0. The molecular formula is C13H13NO2S. The fraction of sp³-hybridized carbons (Fsp3) is 0.231. The van der Waals surface area contributed by atoms with Crippen LogP contribution in [0.3, 0.4) is 0 Å². The highest BCUT2D eigenvalue weighted by Crippen LogP contribution is 2.13. The SMILES string of the molecule is CCOC(=S)c1c[nH]c2c(C)cccc2c1=O. The van der Waals surface area contributed by atoms with Crippen LogP contribution < -0.4 is 5.43 Å². The molecule has 1 aromatic carbocycles. The second-order valence-corrected chi connectivity index (χ2v) is 4.12. The third-order valence-corrected chi connectivity index (χ3v) is 2.96. The number of para-hydroxylation sites is 1. The van der Waals surface area contributed by atoms with Crippen molar-refractivity contribution in [3.8, 4) is 0 Å². The largest absolute Gasteiger partial charge is 0.483 e. The number of pyridine rings is 1. The molecule has 1 N–H and O–H groups in total. The fourth-order valence-electron chi connectivity index (χ4n) is 1.76. The molecule has 3 nitrogen and oxygen atoms in total. The van der Waals surface area contributed by atoms with Crippen LogP contribution >= 0.6 is 12.2 Å². The number of nitrogens with one attached hydrogen (secondary N) is 1. The maximum absolute atomic E-state index is 12.2. The zero-order valence-corrected chi connectivity index (χ0v) is 10.6. The summed E-state index contributed by atoms with van der Waals surface area (Å²) in [6.45, 7) is 4.26. The number of aromatic amines is 1. The third kappa shape index (κ3) is 2.08. The van der Waals surface area contributed by atoms with Gasteiger partial charge in [-0.05, 0) is 37.7 Å². The monoisotopic (exact) mass is 247 g/mol. The Kier molecular flexibility index (Phi) is 3.24. The van der Waals surface area contributed by atoms with E-state index in [4.69, 9.17) is 17.0 Å². The summed E-state index contributed by atoms with van der Waals surface area (Å²) in [6.07, 6.45) is 1.62. The molecule has 1 heterocycles. The Bertz CT molecular complexity index is 631. The highest BCUT2D eigenvalue weighted by atomic mass is 32.1. The van der Waals surface area contributed by atoms with Crippen LogP contribution in [0.5, 0.6) is 0 Å². The van der Waals surface area contributed by atoms with Gasteiger partial charge in [-0.2, -0.15) is 0 Å². The lowest BCUT2D eigenvalue weighted by molar-refractivity contribution is 0.337. The first-order valence-electron chi connectivity index (χ1n) is 5.43. The smallest absolute Gasteiger partial charge is 0.201 e. The van der Waals surface area contributed by atoms with Crippen molar-refractivity contribution in [2.75, 3.05) is 6.61 Å². The van der Waals surface area contributed by atoms with Crippen LogP contribution in [0.1, 0.15) is 18.1 Å². The summed E-state index contributed by atoms with van der Waals surface area (Å²) >= 11 is 5.06. The molecular weight excluding hydrogens is 234 g/mol. The molecule has 17 heavy (non-hydrogen) atoms. The van der Waals surface area contributed by atoms with Gasteiger partial charge in [0.05, 0.1) is 17.7 Å². The zero-order valence-electron chi connectivity index (χ0n) is 9.74. The van der Waals surface area contributed by atoms with Crippen molar-refractivity contribution in [1.82, 2.24) is 4.98 Å². The summed E-state index contributed by atoms with van der Waals surface area (Å²) in [7, 11) is 0. The van der Waals surface area contributed by atoms with E-state index >= 15 is 0 Å². The van der Waals surface area contributed by atoms with Gasteiger partial charge in [-0.15, -0.1) is 0 Å². The summed E-state index contributed by atoms with van der Waals surface area (Å²) in [4.78, 5) is 15.3. The molecule has 0 aliphatic carbocycles. The van der Waals surface area contributed by atoms with E-state index in [9.17, 15) is 4.79 Å². The predicted molar refractivity (Wildman–Crippen MR) is 72.6 cm³/mol. The normalized spacial score (nSPS) is 10.5. The van der Waals surface area contributed by atoms with Gasteiger partial charge in [0.15, 0.2) is 5.05 Å². The average molecular weight is 247 g/mol. The van der Waals surface area contributed by atoms with E-state index in [1.54, 1.807) is 12.3 Å². The Morgan fingerprint density at radius 3 is 2.94 bits per heavy atom. The van der Waals surface area contributed by atoms with Crippen molar-refractivity contribution in [3.05, 3.63) is 45.7 Å². The summed E-state index contributed by atoms with van der Waals surface area (Å²) in [5, 5.41) is 0.890. The molecule has 0 bridgehead atoms. The highest BCUT2D eigenvalue weighted by Gasteiger charge is 2.10. The highest BCUT2D eigenvalue weighted by molar-refractivity contribution is 7.80. The topological polar surface area (TPSA) is 42.1 Å². The van der Waals surface area contributed by atoms with E-state index in [2.05, 4.69) is 4.98 Å². The molecule has 1 aromatic heterocycles. The number of thiocarbonyl (C=S) groups is 1. The lowest BCUT2D eigenvalue weighted by Gasteiger charge is -2.06. The van der Waals surface area contributed by atoms with E-state index in [0.29, 0.717) is 17.6 Å². The minimum atomic E-state index is -0.0825. The molecule has 0 atom stereocenters. The quantitative estimate of drug-likeness (QED) is 0.829. The number of aryl methyl sites for hydroxylation is 1. The van der Waals surface area contributed by atoms with Gasteiger partial charge in [0.25, 0.3) is 0 Å². The van der Waals surface area contributed by atoms with E-state index in [0.717, 1.165) is 11.1 Å². The number of H-pyrrole nitrogens is 1. The maximum atomic E-state index is 12.2. The molecule has 88 valence electrons. The van der Waals surface area contributed by atoms with E-state index in [-0.39, 0.29) is 10.5 Å². The zero-order chi connectivity index (χ0) is 12.4. The van der Waals surface area contributed by atoms with Crippen molar-refractivity contribution < 1.29 is 4.74 Å². The first-order chi connectivity index (χ1) is 8.15. The number of rotatable bonds is 2.